The minimum absolute atomic E-state index is 0.0211. The van der Waals surface area contributed by atoms with Gasteiger partial charge in [-0.3, -0.25) is 4.79 Å². The number of primary amides is 1. The molecule has 0 unspecified atom stereocenters. The van der Waals surface area contributed by atoms with Gasteiger partial charge in [-0.2, -0.15) is 13.2 Å². The molecule has 0 fully saturated rings. The molecule has 8 heteroatoms. The van der Waals surface area contributed by atoms with Gasteiger partial charge in [0.05, 0.1) is 6.26 Å². The number of hydrogen-bond donors (Lipinski definition) is 1. The Hall–Kier alpha value is -3.94. The Balaban J connectivity index is 1.60. The van der Waals surface area contributed by atoms with Crippen LogP contribution in [0.1, 0.15) is 28.7 Å². The fraction of sp³-hybridized carbons (Fsp3) is 0.160. The molecule has 4 rings (SSSR count). The normalized spacial score (nSPS) is 12.6. The van der Waals surface area contributed by atoms with Crippen LogP contribution in [-0.2, 0) is 28.7 Å². The first-order valence-corrected chi connectivity index (χ1v) is 10.1. The third-order valence-electron chi connectivity index (χ3n) is 5.01. The van der Waals surface area contributed by atoms with Gasteiger partial charge in [0.15, 0.2) is 0 Å². The van der Waals surface area contributed by atoms with E-state index >= 15 is 0 Å². The van der Waals surface area contributed by atoms with Gasteiger partial charge in [-0.05, 0) is 60.0 Å². The number of hydrogen-bond acceptors (Lipinski definition) is 4. The zero-order valence-electron chi connectivity index (χ0n) is 17.4. The predicted octanol–water partition coefficient (Wildman–Crippen LogP) is 6.21. The average Bonchev–Trinajstić information content (AvgIpc) is 2.78. The number of nitrogens with two attached hydrogens (primary N) is 1. The second-order valence-corrected chi connectivity index (χ2v) is 7.41. The summed E-state index contributed by atoms with van der Waals surface area (Å²) in [6.07, 6.45) is -0.844. The number of aryl methyl sites for hydroxylation is 1. The molecule has 1 aliphatic heterocycles. The zero-order valence-corrected chi connectivity index (χ0v) is 17.4. The fourth-order valence-electron chi connectivity index (χ4n) is 3.41. The van der Waals surface area contributed by atoms with Crippen molar-refractivity contribution in [3.63, 3.8) is 0 Å². The summed E-state index contributed by atoms with van der Waals surface area (Å²) in [6.45, 7) is 0.265. The Labute approximate surface area is 188 Å². The van der Waals surface area contributed by atoms with Crippen LogP contribution in [0, 0.1) is 0 Å². The van der Waals surface area contributed by atoms with E-state index in [1.807, 2.05) is 6.07 Å². The Morgan fingerprint density at radius 3 is 2.52 bits per heavy atom. The van der Waals surface area contributed by atoms with Gasteiger partial charge in [-0.15, -0.1) is 0 Å². The van der Waals surface area contributed by atoms with E-state index in [1.165, 1.54) is 12.1 Å². The maximum absolute atomic E-state index is 13.8. The lowest BCUT2D eigenvalue weighted by molar-refractivity contribution is -0.138. The second kappa shape index (κ2) is 9.28. The highest BCUT2D eigenvalue weighted by atomic mass is 19.4. The highest BCUT2D eigenvalue weighted by molar-refractivity contribution is 5.74. The van der Waals surface area contributed by atoms with Crippen molar-refractivity contribution in [3.05, 3.63) is 89.2 Å². The maximum atomic E-state index is 13.8. The van der Waals surface area contributed by atoms with Crippen LogP contribution in [0.2, 0.25) is 0 Å². The van der Waals surface area contributed by atoms with Gasteiger partial charge < -0.3 is 19.9 Å². The number of alkyl halides is 3. The standard InChI is InChI=1S/C25H20F3NO4/c26-25(27,28)21-14-19(32-22-6-2-4-17-11-12-31-15-20(17)22)8-9-23(21)33-18-5-1-3-16(13-18)7-10-24(29)30/h1-6,8-9,11-14H,7,10,15H2,(H2,29,30). The number of benzene rings is 3. The van der Waals surface area contributed by atoms with Crippen LogP contribution in [-0.4, -0.2) is 5.91 Å². The molecule has 0 saturated carbocycles. The number of amides is 1. The highest BCUT2D eigenvalue weighted by Crippen LogP contribution is 2.41. The summed E-state index contributed by atoms with van der Waals surface area (Å²) < 4.78 is 58.1. The molecule has 33 heavy (non-hydrogen) atoms. The summed E-state index contributed by atoms with van der Waals surface area (Å²) in [4.78, 5) is 11.0. The van der Waals surface area contributed by atoms with Crippen LogP contribution >= 0.6 is 0 Å². The Bertz CT molecular complexity index is 1200. The molecule has 0 aromatic heterocycles. The first kappa shape index (κ1) is 22.3. The minimum atomic E-state index is -4.67. The van der Waals surface area contributed by atoms with Crippen molar-refractivity contribution in [3.8, 4) is 23.0 Å². The lowest BCUT2D eigenvalue weighted by atomic mass is 10.1. The monoisotopic (exact) mass is 455 g/mol. The minimum Gasteiger partial charge on any atom is -0.496 e. The van der Waals surface area contributed by atoms with Crippen LogP contribution in [0.4, 0.5) is 13.2 Å². The molecule has 1 amide bonds. The summed E-state index contributed by atoms with van der Waals surface area (Å²) in [5.74, 6) is -0.160. The van der Waals surface area contributed by atoms with E-state index in [-0.39, 0.29) is 30.3 Å². The van der Waals surface area contributed by atoms with Crippen molar-refractivity contribution in [2.75, 3.05) is 0 Å². The van der Waals surface area contributed by atoms with E-state index in [0.29, 0.717) is 12.2 Å². The smallest absolute Gasteiger partial charge is 0.420 e. The molecule has 1 heterocycles. The second-order valence-electron chi connectivity index (χ2n) is 7.41. The molecule has 1 aliphatic rings. The number of halogens is 3. The molecule has 0 bridgehead atoms. The summed E-state index contributed by atoms with van der Waals surface area (Å²) >= 11 is 0. The predicted molar refractivity (Wildman–Crippen MR) is 116 cm³/mol. The van der Waals surface area contributed by atoms with Crippen molar-refractivity contribution < 1.29 is 32.2 Å². The number of ether oxygens (including phenoxy) is 3. The lowest BCUT2D eigenvalue weighted by Gasteiger charge is -2.18. The third-order valence-corrected chi connectivity index (χ3v) is 5.01. The fourth-order valence-corrected chi connectivity index (χ4v) is 3.41. The number of fused-ring (bicyclic) bond motifs is 1. The third kappa shape index (κ3) is 5.46. The lowest BCUT2D eigenvalue weighted by Crippen LogP contribution is -2.11. The van der Waals surface area contributed by atoms with Gasteiger partial charge in [0.2, 0.25) is 5.91 Å². The average molecular weight is 455 g/mol. The molecular weight excluding hydrogens is 435 g/mol. The van der Waals surface area contributed by atoms with Crippen LogP contribution in [0.3, 0.4) is 0 Å². The van der Waals surface area contributed by atoms with Gasteiger partial charge >= 0.3 is 6.18 Å². The van der Waals surface area contributed by atoms with E-state index < -0.39 is 17.6 Å². The van der Waals surface area contributed by atoms with E-state index in [2.05, 4.69) is 0 Å². The number of rotatable bonds is 7. The van der Waals surface area contributed by atoms with Gasteiger partial charge in [0, 0.05) is 12.0 Å². The largest absolute Gasteiger partial charge is 0.496 e. The van der Waals surface area contributed by atoms with Gasteiger partial charge in [-0.1, -0.05) is 24.3 Å². The number of carbonyl (C=O) groups is 1. The molecule has 3 aromatic carbocycles. The summed E-state index contributed by atoms with van der Waals surface area (Å²) in [6, 6.07) is 15.4. The van der Waals surface area contributed by atoms with Crippen LogP contribution in [0.15, 0.2) is 66.9 Å². The van der Waals surface area contributed by atoms with Crippen molar-refractivity contribution in [2.24, 2.45) is 5.73 Å². The van der Waals surface area contributed by atoms with Crippen molar-refractivity contribution in [1.82, 2.24) is 0 Å². The Morgan fingerprint density at radius 1 is 0.970 bits per heavy atom. The van der Waals surface area contributed by atoms with Crippen LogP contribution < -0.4 is 15.2 Å². The van der Waals surface area contributed by atoms with E-state index in [1.54, 1.807) is 48.7 Å². The zero-order chi connectivity index (χ0) is 23.4. The van der Waals surface area contributed by atoms with E-state index in [4.69, 9.17) is 19.9 Å². The SMILES string of the molecule is NC(=O)CCc1cccc(Oc2ccc(Oc3cccc4c3COC=C4)cc2C(F)(F)F)c1. The molecule has 3 aromatic rings. The molecule has 5 nitrogen and oxygen atoms in total. The molecule has 0 radical (unpaired) electrons. The summed E-state index contributed by atoms with van der Waals surface area (Å²) in [5, 5.41) is 0. The van der Waals surface area contributed by atoms with Crippen molar-refractivity contribution in [2.45, 2.75) is 25.6 Å². The van der Waals surface area contributed by atoms with Crippen molar-refractivity contribution in [1.29, 1.82) is 0 Å². The van der Waals surface area contributed by atoms with Gasteiger partial charge in [0.1, 0.15) is 35.2 Å². The summed E-state index contributed by atoms with van der Waals surface area (Å²) in [7, 11) is 0. The first-order valence-electron chi connectivity index (χ1n) is 10.1. The van der Waals surface area contributed by atoms with Gasteiger partial charge in [0.25, 0.3) is 0 Å². The first-order chi connectivity index (χ1) is 15.8. The molecule has 170 valence electrons. The summed E-state index contributed by atoms with van der Waals surface area (Å²) in [5.41, 5.74) is 6.55. The van der Waals surface area contributed by atoms with E-state index in [9.17, 15) is 18.0 Å². The highest BCUT2D eigenvalue weighted by Gasteiger charge is 2.35. The molecule has 0 saturated heterocycles. The van der Waals surface area contributed by atoms with E-state index in [0.717, 1.165) is 22.8 Å². The molecule has 0 spiro atoms. The quantitative estimate of drug-likeness (QED) is 0.460. The molecule has 2 N–H and O–H groups in total. The topological polar surface area (TPSA) is 70.8 Å². The molecule has 0 atom stereocenters. The number of carbonyl (C=O) groups excluding carboxylic acids is 1. The van der Waals surface area contributed by atoms with Gasteiger partial charge in [-0.25, -0.2) is 0 Å². The molecule has 0 aliphatic carbocycles. The molecular formula is C25H20F3NO4. The maximum Gasteiger partial charge on any atom is 0.420 e. The Morgan fingerprint density at radius 2 is 1.73 bits per heavy atom. The van der Waals surface area contributed by atoms with Crippen LogP contribution in [0.5, 0.6) is 23.0 Å². The van der Waals surface area contributed by atoms with Crippen LogP contribution in [0.25, 0.3) is 6.08 Å². The van der Waals surface area contributed by atoms with Crippen molar-refractivity contribution >= 4 is 12.0 Å². The Kier molecular flexibility index (Phi) is 6.26.